The van der Waals surface area contributed by atoms with E-state index in [9.17, 15) is 9.59 Å². The molecule has 2 aromatic carbocycles. The summed E-state index contributed by atoms with van der Waals surface area (Å²) < 4.78 is 5.63. The lowest BCUT2D eigenvalue weighted by Gasteiger charge is -2.16. The summed E-state index contributed by atoms with van der Waals surface area (Å²) in [6, 6.07) is 10.1. The van der Waals surface area contributed by atoms with Crippen LogP contribution >= 0.6 is 23.2 Å². The summed E-state index contributed by atoms with van der Waals surface area (Å²) in [7, 11) is 0. The van der Waals surface area contributed by atoms with Crippen molar-refractivity contribution >= 4 is 34.8 Å². The van der Waals surface area contributed by atoms with Crippen molar-refractivity contribution in [2.45, 2.75) is 26.9 Å². The van der Waals surface area contributed by atoms with E-state index in [1.165, 1.54) is 6.92 Å². The second-order valence-electron chi connectivity index (χ2n) is 5.30. The molecule has 1 unspecified atom stereocenters. The number of Topliss-reactive ketones (excluding diaryl/α,β-unsaturated/α-hetero) is 1. The van der Waals surface area contributed by atoms with Crippen molar-refractivity contribution in [1.82, 2.24) is 0 Å². The molecule has 0 N–H and O–H groups in total. The average molecular weight is 351 g/mol. The fourth-order valence-electron chi connectivity index (χ4n) is 2.05. The molecule has 2 rings (SSSR count). The third-order valence-electron chi connectivity index (χ3n) is 3.45. The van der Waals surface area contributed by atoms with Gasteiger partial charge in [-0.25, -0.2) is 0 Å². The van der Waals surface area contributed by atoms with E-state index in [1.807, 2.05) is 13.0 Å². The molecule has 23 heavy (non-hydrogen) atoms. The van der Waals surface area contributed by atoms with Crippen LogP contribution in [0.25, 0.3) is 0 Å². The first kappa shape index (κ1) is 17.5. The van der Waals surface area contributed by atoms with Gasteiger partial charge in [0.1, 0.15) is 5.75 Å². The molecule has 0 bridgehead atoms. The number of benzene rings is 2. The summed E-state index contributed by atoms with van der Waals surface area (Å²) in [6.45, 7) is 4.94. The first-order valence-corrected chi connectivity index (χ1v) is 7.83. The highest BCUT2D eigenvalue weighted by molar-refractivity contribution is 6.41. The third kappa shape index (κ3) is 3.92. The Morgan fingerprint density at radius 2 is 1.70 bits per heavy atom. The maximum Gasteiger partial charge on any atom is 0.199 e. The van der Waals surface area contributed by atoms with Crippen molar-refractivity contribution in [2.24, 2.45) is 0 Å². The average Bonchev–Trinajstić information content (AvgIpc) is 2.48. The summed E-state index contributed by atoms with van der Waals surface area (Å²) in [5.74, 6) is -0.130. The van der Waals surface area contributed by atoms with Gasteiger partial charge in [-0.05, 0) is 45.0 Å². The van der Waals surface area contributed by atoms with Gasteiger partial charge in [-0.2, -0.15) is 0 Å². The fourth-order valence-corrected chi connectivity index (χ4v) is 2.62. The van der Waals surface area contributed by atoms with Crippen LogP contribution in [0.15, 0.2) is 36.4 Å². The topological polar surface area (TPSA) is 43.4 Å². The lowest BCUT2D eigenvalue weighted by atomic mass is 10.0. The van der Waals surface area contributed by atoms with Crippen LogP contribution in [0.4, 0.5) is 0 Å². The van der Waals surface area contributed by atoms with Crippen LogP contribution in [0.3, 0.4) is 0 Å². The smallest absolute Gasteiger partial charge is 0.199 e. The number of halogens is 2. The van der Waals surface area contributed by atoms with Gasteiger partial charge in [-0.3, -0.25) is 9.59 Å². The monoisotopic (exact) mass is 350 g/mol. The van der Waals surface area contributed by atoms with Gasteiger partial charge in [0.05, 0.1) is 21.2 Å². The highest BCUT2D eigenvalue weighted by Gasteiger charge is 2.22. The van der Waals surface area contributed by atoms with Gasteiger partial charge in [0, 0.05) is 0 Å². The summed E-state index contributed by atoms with van der Waals surface area (Å²) in [6.07, 6.45) is -0.647. The zero-order chi connectivity index (χ0) is 17.1. The molecule has 0 spiro atoms. The molecule has 5 heteroatoms. The highest BCUT2D eigenvalue weighted by Crippen LogP contribution is 2.31. The largest absolute Gasteiger partial charge is 0.482 e. The van der Waals surface area contributed by atoms with Crippen LogP contribution in [0.2, 0.25) is 10.0 Å². The molecule has 2 aromatic rings. The number of hydrogen-bond acceptors (Lipinski definition) is 3. The molecule has 0 saturated heterocycles. The number of carbonyl (C=O) groups excluding carboxylic acids is 2. The molecule has 0 fully saturated rings. The maximum absolute atomic E-state index is 12.9. The molecular formula is C18H16Cl2O3. The fraction of sp³-hybridized carbons (Fsp3) is 0.222. The number of carbonyl (C=O) groups is 2. The minimum absolute atomic E-state index is 0.125. The van der Waals surface area contributed by atoms with Crippen molar-refractivity contribution in [3.63, 3.8) is 0 Å². The van der Waals surface area contributed by atoms with Crippen LogP contribution in [0, 0.1) is 6.92 Å². The van der Waals surface area contributed by atoms with Crippen LogP contribution in [-0.4, -0.2) is 17.7 Å². The van der Waals surface area contributed by atoms with Gasteiger partial charge in [0.2, 0.25) is 0 Å². The zero-order valence-corrected chi connectivity index (χ0v) is 14.5. The minimum atomic E-state index is -0.647. The maximum atomic E-state index is 12.9. The number of ether oxygens (including phenoxy) is 1. The Kier molecular flexibility index (Phi) is 5.45. The van der Waals surface area contributed by atoms with Gasteiger partial charge >= 0.3 is 0 Å². The van der Waals surface area contributed by atoms with E-state index < -0.39 is 6.10 Å². The Bertz CT molecular complexity index is 749. The number of ketones is 2. The molecule has 3 nitrogen and oxygen atoms in total. The van der Waals surface area contributed by atoms with Crippen molar-refractivity contribution in [3.05, 3.63) is 63.1 Å². The van der Waals surface area contributed by atoms with Gasteiger partial charge in [0.15, 0.2) is 17.7 Å². The Morgan fingerprint density at radius 3 is 2.26 bits per heavy atom. The van der Waals surface area contributed by atoms with E-state index in [0.717, 1.165) is 5.56 Å². The van der Waals surface area contributed by atoms with Gasteiger partial charge in [-0.15, -0.1) is 0 Å². The molecule has 0 aliphatic carbocycles. The zero-order valence-electron chi connectivity index (χ0n) is 13.0. The summed E-state index contributed by atoms with van der Waals surface area (Å²) in [4.78, 5) is 24.3. The highest BCUT2D eigenvalue weighted by atomic mass is 35.5. The van der Waals surface area contributed by atoms with E-state index in [0.29, 0.717) is 11.3 Å². The lowest BCUT2D eigenvalue weighted by Crippen LogP contribution is -2.22. The van der Waals surface area contributed by atoms with Crippen LogP contribution in [0.5, 0.6) is 5.75 Å². The molecule has 0 saturated carbocycles. The molecule has 0 radical (unpaired) electrons. The number of rotatable bonds is 5. The predicted molar refractivity (Wildman–Crippen MR) is 91.8 cm³/mol. The van der Waals surface area contributed by atoms with E-state index in [4.69, 9.17) is 27.9 Å². The first-order valence-electron chi connectivity index (χ1n) is 7.07. The van der Waals surface area contributed by atoms with Crippen LogP contribution in [-0.2, 0) is 4.79 Å². The molecule has 0 aromatic heterocycles. The molecule has 0 heterocycles. The molecule has 0 aliphatic rings. The summed E-state index contributed by atoms with van der Waals surface area (Å²) in [5, 5.41) is 0.546. The van der Waals surface area contributed by atoms with E-state index in [-0.39, 0.29) is 27.2 Å². The summed E-state index contributed by atoms with van der Waals surface area (Å²) >= 11 is 12.2. The van der Waals surface area contributed by atoms with Crippen molar-refractivity contribution in [2.75, 3.05) is 0 Å². The number of hydrogen-bond donors (Lipinski definition) is 0. The quantitative estimate of drug-likeness (QED) is 0.721. The standard InChI is InChI=1S/C18H16Cl2O3/c1-10-7-8-16(23-12(3)11(2)21)13(9-10)18(22)17-14(19)5-4-6-15(17)20/h4-9,12H,1-3H3. The van der Waals surface area contributed by atoms with Crippen molar-refractivity contribution in [3.8, 4) is 5.75 Å². The van der Waals surface area contributed by atoms with Crippen molar-refractivity contribution in [1.29, 1.82) is 0 Å². The lowest BCUT2D eigenvalue weighted by molar-refractivity contribution is -0.122. The molecule has 120 valence electrons. The van der Waals surface area contributed by atoms with Crippen molar-refractivity contribution < 1.29 is 14.3 Å². The van der Waals surface area contributed by atoms with Crippen LogP contribution in [0.1, 0.15) is 35.3 Å². The van der Waals surface area contributed by atoms with Gasteiger partial charge in [0.25, 0.3) is 0 Å². The number of aryl methyl sites for hydroxylation is 1. The second-order valence-corrected chi connectivity index (χ2v) is 6.11. The Morgan fingerprint density at radius 1 is 1.09 bits per heavy atom. The third-order valence-corrected chi connectivity index (χ3v) is 4.08. The van der Waals surface area contributed by atoms with Crippen LogP contribution < -0.4 is 4.74 Å². The van der Waals surface area contributed by atoms with Gasteiger partial charge < -0.3 is 4.74 Å². The normalized spacial score (nSPS) is 11.9. The van der Waals surface area contributed by atoms with E-state index in [2.05, 4.69) is 0 Å². The molecular weight excluding hydrogens is 335 g/mol. The SMILES string of the molecule is CC(=O)C(C)Oc1ccc(C)cc1C(=O)c1c(Cl)cccc1Cl. The van der Waals surface area contributed by atoms with E-state index in [1.54, 1.807) is 37.3 Å². The Balaban J connectivity index is 2.51. The first-order chi connectivity index (χ1) is 10.8. The van der Waals surface area contributed by atoms with E-state index >= 15 is 0 Å². The minimum Gasteiger partial charge on any atom is -0.482 e. The molecule has 1 atom stereocenters. The molecule has 0 aliphatic heterocycles. The Hall–Kier alpha value is -1.84. The Labute approximate surface area is 145 Å². The van der Waals surface area contributed by atoms with Gasteiger partial charge in [-0.1, -0.05) is 40.9 Å². The summed E-state index contributed by atoms with van der Waals surface area (Å²) in [5.41, 5.74) is 1.44. The molecule has 0 amide bonds. The second kappa shape index (κ2) is 7.16. The predicted octanol–water partition coefficient (Wildman–Crippen LogP) is 4.89.